The number of methoxy groups -OCH3 is 1. The van der Waals surface area contributed by atoms with Crippen molar-refractivity contribution in [2.75, 3.05) is 26.7 Å². The third-order valence-corrected chi connectivity index (χ3v) is 9.81. The molecule has 2 fully saturated rings. The summed E-state index contributed by atoms with van der Waals surface area (Å²) in [6.07, 6.45) is 0.626. The molecule has 48 heavy (non-hydrogen) atoms. The van der Waals surface area contributed by atoms with E-state index in [0.717, 1.165) is 16.7 Å². The molecule has 0 aromatic heterocycles. The first-order valence-electron chi connectivity index (χ1n) is 16.1. The molecule has 3 unspecified atom stereocenters. The molecule has 2 aliphatic rings. The maximum Gasteiger partial charge on any atom is 0.342 e. The molecule has 3 atom stereocenters. The van der Waals surface area contributed by atoms with E-state index in [4.69, 9.17) is 37.4 Å². The van der Waals surface area contributed by atoms with Gasteiger partial charge in [0.2, 0.25) is 0 Å². The normalized spacial score (nSPS) is 21.1. The predicted molar refractivity (Wildman–Crippen MR) is 184 cm³/mol. The van der Waals surface area contributed by atoms with Crippen LogP contribution in [0.1, 0.15) is 70.4 Å². The van der Waals surface area contributed by atoms with Crippen LogP contribution in [0.4, 0.5) is 0 Å². The SMILES string of the molecule is COc1cc(Cl)ccc1C(=O)OC1(c2ccccc2)CCNC(c2cccc(C3(OC(=O)C(O)c4cccc(Cl)c4)CCNCC3)c2)C1. The lowest BCUT2D eigenvalue weighted by molar-refractivity contribution is -0.175. The van der Waals surface area contributed by atoms with E-state index in [0.29, 0.717) is 72.2 Å². The Labute approximate surface area is 290 Å². The van der Waals surface area contributed by atoms with Crippen molar-refractivity contribution in [3.8, 4) is 5.75 Å². The third kappa shape index (κ3) is 7.23. The van der Waals surface area contributed by atoms with Gasteiger partial charge in [-0.3, -0.25) is 0 Å². The Morgan fingerprint density at radius 1 is 0.792 bits per heavy atom. The highest BCUT2D eigenvalue weighted by atomic mass is 35.5. The van der Waals surface area contributed by atoms with Crippen LogP contribution in [-0.2, 0) is 25.5 Å². The molecule has 0 spiro atoms. The van der Waals surface area contributed by atoms with Crippen LogP contribution in [-0.4, -0.2) is 43.8 Å². The van der Waals surface area contributed by atoms with E-state index in [2.05, 4.69) is 16.7 Å². The fourth-order valence-corrected chi connectivity index (χ4v) is 7.15. The fraction of sp³-hybridized carbons (Fsp3) is 0.316. The number of aliphatic hydroxyl groups excluding tert-OH is 1. The van der Waals surface area contributed by atoms with E-state index in [1.54, 1.807) is 42.5 Å². The topological polar surface area (TPSA) is 106 Å². The zero-order valence-corrected chi connectivity index (χ0v) is 28.1. The maximum atomic E-state index is 13.8. The summed E-state index contributed by atoms with van der Waals surface area (Å²) in [5.74, 6) is -0.884. The Kier molecular flexibility index (Phi) is 10.4. The molecule has 0 amide bonds. The fourth-order valence-electron chi connectivity index (χ4n) is 6.79. The third-order valence-electron chi connectivity index (χ3n) is 9.33. The van der Waals surface area contributed by atoms with E-state index in [1.165, 1.54) is 7.11 Å². The van der Waals surface area contributed by atoms with Crippen LogP contribution >= 0.6 is 23.2 Å². The number of carbonyl (C=O) groups excluding carboxylic acids is 2. The summed E-state index contributed by atoms with van der Waals surface area (Å²) in [7, 11) is 1.49. The zero-order valence-electron chi connectivity index (χ0n) is 26.6. The van der Waals surface area contributed by atoms with E-state index >= 15 is 0 Å². The summed E-state index contributed by atoms with van der Waals surface area (Å²) in [5, 5.41) is 18.8. The van der Waals surface area contributed by atoms with E-state index < -0.39 is 29.2 Å². The van der Waals surface area contributed by atoms with Gasteiger partial charge < -0.3 is 30.0 Å². The van der Waals surface area contributed by atoms with Crippen molar-refractivity contribution in [3.05, 3.63) is 135 Å². The molecule has 3 N–H and O–H groups in total. The Hall–Kier alpha value is -3.92. The number of rotatable bonds is 9. The monoisotopic (exact) mass is 688 g/mol. The summed E-state index contributed by atoms with van der Waals surface area (Å²) in [4.78, 5) is 27.2. The van der Waals surface area contributed by atoms with Gasteiger partial charge in [-0.15, -0.1) is 0 Å². The Morgan fingerprint density at radius 2 is 1.50 bits per heavy atom. The van der Waals surface area contributed by atoms with Gasteiger partial charge >= 0.3 is 11.9 Å². The number of aliphatic hydroxyl groups is 1. The molecule has 250 valence electrons. The summed E-state index contributed by atoms with van der Waals surface area (Å²) in [6, 6.07) is 29.1. The second kappa shape index (κ2) is 14.7. The number of hydrogen-bond acceptors (Lipinski definition) is 8. The van der Waals surface area contributed by atoms with Gasteiger partial charge in [-0.05, 0) is 72.2 Å². The number of ether oxygens (including phenoxy) is 3. The molecule has 0 bridgehead atoms. The number of carbonyl (C=O) groups is 2. The largest absolute Gasteiger partial charge is 0.496 e. The van der Waals surface area contributed by atoms with Gasteiger partial charge in [-0.2, -0.15) is 0 Å². The van der Waals surface area contributed by atoms with Gasteiger partial charge in [0.1, 0.15) is 22.5 Å². The van der Waals surface area contributed by atoms with Crippen molar-refractivity contribution >= 4 is 35.1 Å². The van der Waals surface area contributed by atoms with Gasteiger partial charge in [0.05, 0.1) is 7.11 Å². The first-order chi connectivity index (χ1) is 23.2. The van der Waals surface area contributed by atoms with Crippen LogP contribution in [0.3, 0.4) is 0 Å². The van der Waals surface area contributed by atoms with E-state index in [9.17, 15) is 14.7 Å². The minimum Gasteiger partial charge on any atom is -0.496 e. The Morgan fingerprint density at radius 3 is 2.25 bits per heavy atom. The Bertz CT molecular complexity index is 1760. The van der Waals surface area contributed by atoms with E-state index in [1.807, 2.05) is 48.5 Å². The quantitative estimate of drug-likeness (QED) is 0.161. The lowest BCUT2D eigenvalue weighted by atomic mass is 9.78. The van der Waals surface area contributed by atoms with Gasteiger partial charge in [0.25, 0.3) is 0 Å². The average molecular weight is 690 g/mol. The molecule has 6 rings (SSSR count). The zero-order chi connectivity index (χ0) is 33.7. The number of halogens is 2. The number of piperidine rings is 2. The summed E-state index contributed by atoms with van der Waals surface area (Å²) < 4.78 is 18.1. The van der Waals surface area contributed by atoms with Crippen LogP contribution in [0.25, 0.3) is 0 Å². The molecule has 8 nitrogen and oxygen atoms in total. The van der Waals surface area contributed by atoms with Crippen LogP contribution < -0.4 is 15.4 Å². The molecule has 2 aliphatic heterocycles. The molecular formula is C38H38Cl2N2O6. The molecular weight excluding hydrogens is 651 g/mol. The minimum atomic E-state index is -1.47. The smallest absolute Gasteiger partial charge is 0.342 e. The molecule has 0 radical (unpaired) electrons. The second-order valence-electron chi connectivity index (χ2n) is 12.3. The van der Waals surface area contributed by atoms with Crippen LogP contribution in [0.5, 0.6) is 5.75 Å². The molecule has 2 saturated heterocycles. The number of hydrogen-bond donors (Lipinski definition) is 3. The number of nitrogens with one attached hydrogen (secondary N) is 2. The van der Waals surface area contributed by atoms with Crippen molar-refractivity contribution in [1.82, 2.24) is 10.6 Å². The minimum absolute atomic E-state index is 0.190. The molecule has 4 aromatic rings. The first kappa shape index (κ1) is 34.0. The van der Waals surface area contributed by atoms with Crippen molar-refractivity contribution in [2.45, 2.75) is 49.0 Å². The van der Waals surface area contributed by atoms with Crippen molar-refractivity contribution in [3.63, 3.8) is 0 Å². The van der Waals surface area contributed by atoms with Gasteiger partial charge in [0, 0.05) is 41.8 Å². The summed E-state index contributed by atoms with van der Waals surface area (Å²) in [6.45, 7) is 1.88. The van der Waals surface area contributed by atoms with Crippen LogP contribution in [0.2, 0.25) is 10.0 Å². The van der Waals surface area contributed by atoms with Crippen molar-refractivity contribution < 1.29 is 28.9 Å². The van der Waals surface area contributed by atoms with Gasteiger partial charge in [0.15, 0.2) is 6.10 Å². The Balaban J connectivity index is 1.30. The lowest BCUT2D eigenvalue weighted by Crippen LogP contribution is -2.45. The second-order valence-corrected chi connectivity index (χ2v) is 13.2. The van der Waals surface area contributed by atoms with Crippen LogP contribution in [0.15, 0.2) is 97.1 Å². The standard InChI is InChI=1S/C38H38Cl2N2O6/c1-46-33-23-30(40)13-14-31(33)35(44)47-38(27-9-3-2-4-10-27)17-20-42-32(24-38)25-7-5-11-28(21-25)37(15-18-41-19-16-37)48-36(45)34(43)26-8-6-12-29(39)22-26/h2-14,21-23,32,34,41-43H,15-20,24H2,1H3. The average Bonchev–Trinajstić information content (AvgIpc) is 3.12. The predicted octanol–water partition coefficient (Wildman–Crippen LogP) is 7.03. The summed E-state index contributed by atoms with van der Waals surface area (Å²) >= 11 is 12.3. The maximum absolute atomic E-state index is 13.8. The molecule has 2 heterocycles. The van der Waals surface area contributed by atoms with Gasteiger partial charge in [-0.1, -0.05) is 89.9 Å². The lowest BCUT2D eigenvalue weighted by Gasteiger charge is -2.42. The summed E-state index contributed by atoms with van der Waals surface area (Å²) in [5.41, 5.74) is 1.50. The van der Waals surface area contributed by atoms with Crippen molar-refractivity contribution in [1.29, 1.82) is 0 Å². The number of benzene rings is 4. The van der Waals surface area contributed by atoms with Crippen molar-refractivity contribution in [2.24, 2.45) is 0 Å². The molecule has 0 saturated carbocycles. The number of esters is 2. The molecule has 4 aromatic carbocycles. The highest BCUT2D eigenvalue weighted by molar-refractivity contribution is 6.31. The molecule has 10 heteroatoms. The molecule has 0 aliphatic carbocycles. The first-order valence-corrected chi connectivity index (χ1v) is 16.8. The highest BCUT2D eigenvalue weighted by Gasteiger charge is 2.44. The van der Waals surface area contributed by atoms with Crippen LogP contribution in [0, 0.1) is 0 Å². The van der Waals surface area contributed by atoms with E-state index in [-0.39, 0.29) is 6.04 Å². The van der Waals surface area contributed by atoms with Gasteiger partial charge in [-0.25, -0.2) is 9.59 Å². The highest BCUT2D eigenvalue weighted by Crippen LogP contribution is 2.44.